The Morgan fingerprint density at radius 1 is 1.62 bits per heavy atom. The van der Waals surface area contributed by atoms with E-state index in [1.807, 2.05) is 22.6 Å². The zero-order valence-corrected chi connectivity index (χ0v) is 8.84. The van der Waals surface area contributed by atoms with Crippen molar-refractivity contribution >= 4 is 28.4 Å². The van der Waals surface area contributed by atoms with E-state index in [1.165, 1.54) is 18.2 Å². The van der Waals surface area contributed by atoms with Crippen LogP contribution < -0.4 is 0 Å². The van der Waals surface area contributed by atoms with Gasteiger partial charge in [-0.25, -0.2) is 4.39 Å². The van der Waals surface area contributed by atoms with Gasteiger partial charge in [-0.2, -0.15) is 0 Å². The molecule has 0 atom stereocenters. The van der Waals surface area contributed by atoms with Gasteiger partial charge in [-0.15, -0.1) is 6.42 Å². The number of carbonyl (C=O) groups is 1. The van der Waals surface area contributed by atoms with Crippen LogP contribution in [0.2, 0.25) is 0 Å². The van der Waals surface area contributed by atoms with E-state index in [0.29, 0.717) is 9.13 Å². The Hall–Kier alpha value is -0.890. The zero-order valence-electron chi connectivity index (χ0n) is 6.68. The summed E-state index contributed by atoms with van der Waals surface area (Å²) in [5, 5.41) is 0. The molecule has 0 fully saturated rings. The van der Waals surface area contributed by atoms with Gasteiger partial charge in [0.2, 0.25) is 0 Å². The summed E-state index contributed by atoms with van der Waals surface area (Å²) in [6.07, 6.45) is 5.06. The number of hydrogen-bond acceptors (Lipinski definition) is 1. The van der Waals surface area contributed by atoms with Crippen LogP contribution in [0, 0.1) is 21.7 Å². The van der Waals surface area contributed by atoms with Gasteiger partial charge in [-0.3, -0.25) is 4.79 Å². The lowest BCUT2D eigenvalue weighted by Gasteiger charge is -2.00. The van der Waals surface area contributed by atoms with Crippen molar-refractivity contribution in [2.75, 3.05) is 0 Å². The topological polar surface area (TPSA) is 17.1 Å². The van der Waals surface area contributed by atoms with Gasteiger partial charge >= 0.3 is 0 Å². The van der Waals surface area contributed by atoms with Crippen molar-refractivity contribution in [2.45, 2.75) is 6.42 Å². The second-order valence-corrected chi connectivity index (χ2v) is 3.59. The van der Waals surface area contributed by atoms with Crippen LogP contribution in [0.4, 0.5) is 4.39 Å². The normalized spacial score (nSPS) is 9.31. The molecule has 0 aliphatic heterocycles. The van der Waals surface area contributed by atoms with Gasteiger partial charge in [-0.05, 0) is 40.8 Å². The lowest BCUT2D eigenvalue weighted by atomic mass is 10.1. The standard InChI is InChI=1S/C10H6FIO/c1-2-3-10(13)8-5-4-7(11)6-9(8)12/h1,4-6H,3H2. The first-order chi connectivity index (χ1) is 6.15. The highest BCUT2D eigenvalue weighted by Crippen LogP contribution is 2.15. The van der Waals surface area contributed by atoms with E-state index in [-0.39, 0.29) is 18.0 Å². The summed E-state index contributed by atoms with van der Waals surface area (Å²) in [5.41, 5.74) is 0.486. The molecule has 0 N–H and O–H groups in total. The van der Waals surface area contributed by atoms with Gasteiger partial charge in [0.15, 0.2) is 5.78 Å². The van der Waals surface area contributed by atoms with Crippen LogP contribution >= 0.6 is 22.6 Å². The smallest absolute Gasteiger partial charge is 0.175 e. The minimum atomic E-state index is -0.346. The number of halogens is 2. The second-order valence-electron chi connectivity index (χ2n) is 2.43. The van der Waals surface area contributed by atoms with Crippen molar-refractivity contribution in [1.82, 2.24) is 0 Å². The molecule has 0 aromatic heterocycles. The van der Waals surface area contributed by atoms with Crippen LogP contribution in [0.15, 0.2) is 18.2 Å². The minimum Gasteiger partial charge on any atom is -0.293 e. The Kier molecular flexibility index (Phi) is 3.43. The summed E-state index contributed by atoms with van der Waals surface area (Å²) in [4.78, 5) is 11.3. The van der Waals surface area contributed by atoms with E-state index in [9.17, 15) is 9.18 Å². The van der Waals surface area contributed by atoms with Gasteiger partial charge in [0.25, 0.3) is 0 Å². The van der Waals surface area contributed by atoms with Crippen molar-refractivity contribution < 1.29 is 9.18 Å². The maximum atomic E-state index is 12.6. The van der Waals surface area contributed by atoms with Gasteiger partial charge in [0.1, 0.15) is 5.82 Å². The Morgan fingerprint density at radius 2 is 2.31 bits per heavy atom. The Morgan fingerprint density at radius 3 is 2.85 bits per heavy atom. The summed E-state index contributed by atoms with van der Waals surface area (Å²) in [6, 6.07) is 4.02. The summed E-state index contributed by atoms with van der Waals surface area (Å²) >= 11 is 1.91. The van der Waals surface area contributed by atoms with Crippen LogP contribution in [0.3, 0.4) is 0 Å². The number of Topliss-reactive ketones (excluding diaryl/α,β-unsaturated/α-hetero) is 1. The van der Waals surface area contributed by atoms with Crippen molar-refractivity contribution in [3.63, 3.8) is 0 Å². The van der Waals surface area contributed by atoms with Crippen LogP contribution in [-0.4, -0.2) is 5.78 Å². The second kappa shape index (κ2) is 4.38. The Balaban J connectivity index is 3.03. The molecule has 3 heteroatoms. The van der Waals surface area contributed by atoms with Crippen molar-refractivity contribution in [3.8, 4) is 12.3 Å². The van der Waals surface area contributed by atoms with E-state index in [2.05, 4.69) is 5.92 Å². The van der Waals surface area contributed by atoms with Crippen molar-refractivity contribution in [1.29, 1.82) is 0 Å². The summed E-state index contributed by atoms with van der Waals surface area (Å²) < 4.78 is 13.2. The van der Waals surface area contributed by atoms with Crippen LogP contribution in [0.25, 0.3) is 0 Å². The zero-order chi connectivity index (χ0) is 9.84. The van der Waals surface area contributed by atoms with E-state index in [1.54, 1.807) is 0 Å². The number of carbonyl (C=O) groups excluding carboxylic acids is 1. The number of benzene rings is 1. The van der Waals surface area contributed by atoms with Crippen LogP contribution in [0.5, 0.6) is 0 Å². The molecule has 0 radical (unpaired) electrons. The first kappa shape index (κ1) is 10.2. The highest BCUT2D eigenvalue weighted by Gasteiger charge is 2.08. The van der Waals surface area contributed by atoms with Gasteiger partial charge in [0.05, 0.1) is 6.42 Å². The van der Waals surface area contributed by atoms with Gasteiger partial charge in [0, 0.05) is 9.13 Å². The predicted octanol–water partition coefficient (Wildman–Crippen LogP) is 2.64. The lowest BCUT2D eigenvalue weighted by Crippen LogP contribution is -2.00. The highest BCUT2D eigenvalue weighted by atomic mass is 127. The molecule has 0 bridgehead atoms. The lowest BCUT2D eigenvalue weighted by molar-refractivity contribution is 0.0997. The molecule has 0 saturated heterocycles. The molecular formula is C10H6FIO. The quantitative estimate of drug-likeness (QED) is 0.464. The van der Waals surface area contributed by atoms with Crippen LogP contribution in [0.1, 0.15) is 16.8 Å². The highest BCUT2D eigenvalue weighted by molar-refractivity contribution is 14.1. The third kappa shape index (κ3) is 2.52. The number of ketones is 1. The molecule has 1 aromatic rings. The molecule has 0 aliphatic carbocycles. The van der Waals surface area contributed by atoms with Gasteiger partial charge < -0.3 is 0 Å². The summed E-state index contributed by atoms with van der Waals surface area (Å²) in [6.45, 7) is 0. The third-order valence-corrected chi connectivity index (χ3v) is 2.39. The summed E-state index contributed by atoms with van der Waals surface area (Å²) in [5.74, 6) is 1.77. The van der Waals surface area contributed by atoms with Gasteiger partial charge in [-0.1, -0.05) is 5.92 Å². The molecule has 0 amide bonds. The van der Waals surface area contributed by atoms with E-state index < -0.39 is 0 Å². The average molecular weight is 288 g/mol. The molecular weight excluding hydrogens is 282 g/mol. The fraction of sp³-hybridized carbons (Fsp3) is 0.100. The molecule has 0 spiro atoms. The average Bonchev–Trinajstić information content (AvgIpc) is 2.04. The minimum absolute atomic E-state index is 0.0572. The molecule has 66 valence electrons. The first-order valence-corrected chi connectivity index (χ1v) is 4.64. The van der Waals surface area contributed by atoms with Crippen molar-refractivity contribution in [2.24, 2.45) is 0 Å². The first-order valence-electron chi connectivity index (χ1n) is 3.57. The molecule has 0 unspecified atom stereocenters. The van der Waals surface area contributed by atoms with E-state index in [0.717, 1.165) is 0 Å². The number of hydrogen-bond donors (Lipinski definition) is 0. The number of terminal acetylenes is 1. The molecule has 1 rings (SSSR count). The fourth-order valence-corrected chi connectivity index (χ4v) is 1.68. The van der Waals surface area contributed by atoms with Crippen molar-refractivity contribution in [3.05, 3.63) is 33.1 Å². The summed E-state index contributed by atoms with van der Waals surface area (Å²) in [7, 11) is 0. The van der Waals surface area contributed by atoms with Crippen LogP contribution in [-0.2, 0) is 0 Å². The molecule has 0 saturated carbocycles. The predicted molar refractivity (Wildman–Crippen MR) is 56.9 cm³/mol. The maximum absolute atomic E-state index is 12.6. The molecule has 0 aliphatic rings. The number of rotatable bonds is 2. The molecule has 13 heavy (non-hydrogen) atoms. The molecule has 0 heterocycles. The Bertz CT molecular complexity index is 379. The van der Waals surface area contributed by atoms with E-state index >= 15 is 0 Å². The SMILES string of the molecule is C#CCC(=O)c1ccc(F)cc1I. The largest absolute Gasteiger partial charge is 0.293 e. The maximum Gasteiger partial charge on any atom is 0.175 e. The molecule has 1 aromatic carbocycles. The fourth-order valence-electron chi connectivity index (χ4n) is 0.904. The molecule has 1 nitrogen and oxygen atoms in total. The third-order valence-electron chi connectivity index (χ3n) is 1.49. The monoisotopic (exact) mass is 288 g/mol. The van der Waals surface area contributed by atoms with E-state index in [4.69, 9.17) is 6.42 Å². The Labute approximate surface area is 89.5 Å².